The summed E-state index contributed by atoms with van der Waals surface area (Å²) < 4.78 is 7.35. The number of carbonyl (C=O) groups excluding carboxylic acids is 1. The van der Waals surface area contributed by atoms with E-state index in [0.717, 1.165) is 11.3 Å². The second-order valence-electron chi connectivity index (χ2n) is 5.48. The molecule has 1 aliphatic heterocycles. The van der Waals surface area contributed by atoms with Gasteiger partial charge in [0.2, 0.25) is 5.65 Å². The molecule has 122 valence electrons. The van der Waals surface area contributed by atoms with Gasteiger partial charge in [-0.1, -0.05) is 18.2 Å². The maximum Gasteiger partial charge on any atom is 0.260 e. The van der Waals surface area contributed by atoms with Crippen molar-refractivity contribution in [3.05, 3.63) is 48.5 Å². The Bertz CT molecular complexity index is 878. The van der Waals surface area contributed by atoms with Crippen LogP contribution in [-0.2, 0) is 11.3 Å². The van der Waals surface area contributed by atoms with E-state index in [2.05, 4.69) is 20.5 Å². The first-order valence-corrected chi connectivity index (χ1v) is 7.68. The number of hydrogen-bond acceptors (Lipinski definition) is 6. The van der Waals surface area contributed by atoms with Crippen LogP contribution in [0.1, 0.15) is 5.56 Å². The molecular formula is C16H16N6O2. The van der Waals surface area contributed by atoms with Gasteiger partial charge in [0, 0.05) is 37.6 Å². The second kappa shape index (κ2) is 6.15. The summed E-state index contributed by atoms with van der Waals surface area (Å²) in [6.07, 6.45) is 5.09. The lowest BCUT2D eigenvalue weighted by Gasteiger charge is -2.20. The molecule has 0 spiro atoms. The number of nitrogens with zero attached hydrogens (tertiary/aromatic N) is 5. The Morgan fingerprint density at radius 3 is 3.17 bits per heavy atom. The molecule has 8 nitrogen and oxygen atoms in total. The molecule has 1 aliphatic rings. The first-order chi connectivity index (χ1) is 11.8. The van der Waals surface area contributed by atoms with Crippen LogP contribution in [0.15, 0.2) is 43.0 Å². The van der Waals surface area contributed by atoms with Gasteiger partial charge in [0.1, 0.15) is 12.1 Å². The minimum Gasteiger partial charge on any atom is -0.483 e. The number of benzene rings is 1. The maximum atomic E-state index is 12.2. The van der Waals surface area contributed by atoms with Gasteiger partial charge in [-0.05, 0) is 6.07 Å². The number of para-hydroxylation sites is 1. The van der Waals surface area contributed by atoms with Gasteiger partial charge in [-0.3, -0.25) is 9.20 Å². The number of aromatic nitrogens is 4. The summed E-state index contributed by atoms with van der Waals surface area (Å²) in [6.45, 7) is 1.72. The Hall–Kier alpha value is -3.16. The standard InChI is InChI=1S/C16H16N6O2/c23-14-10-24-13-4-2-1-3-12(13)9-21(14)7-5-17-15-16-20-19-11-22(16)8-6-18-15/h1-4,6,8,11H,5,7,9-10H2,(H,17,18). The number of anilines is 1. The van der Waals surface area contributed by atoms with Gasteiger partial charge in [0.15, 0.2) is 12.4 Å². The third kappa shape index (κ3) is 2.73. The lowest BCUT2D eigenvalue weighted by molar-refractivity contribution is -0.133. The summed E-state index contributed by atoms with van der Waals surface area (Å²) >= 11 is 0. The Kier molecular flexibility index (Phi) is 3.70. The SMILES string of the molecule is O=C1COc2ccccc2CN1CCNc1nccn2cnnc12. The van der Waals surface area contributed by atoms with Gasteiger partial charge in [-0.2, -0.15) is 0 Å². The van der Waals surface area contributed by atoms with Crippen LogP contribution in [0.3, 0.4) is 0 Å². The average Bonchev–Trinajstić information content (AvgIpc) is 3.03. The first-order valence-electron chi connectivity index (χ1n) is 7.68. The van der Waals surface area contributed by atoms with Crippen LogP contribution < -0.4 is 10.1 Å². The molecule has 1 amide bonds. The Labute approximate surface area is 138 Å². The lowest BCUT2D eigenvalue weighted by atomic mass is 10.2. The molecule has 0 fully saturated rings. The third-order valence-electron chi connectivity index (χ3n) is 3.93. The van der Waals surface area contributed by atoms with Crippen molar-refractivity contribution in [1.82, 2.24) is 24.5 Å². The monoisotopic (exact) mass is 324 g/mol. The maximum absolute atomic E-state index is 12.2. The zero-order valence-corrected chi connectivity index (χ0v) is 12.9. The number of carbonyl (C=O) groups is 1. The Balaban J connectivity index is 1.43. The summed E-state index contributed by atoms with van der Waals surface area (Å²) in [7, 11) is 0. The van der Waals surface area contributed by atoms with Crippen molar-refractivity contribution in [2.24, 2.45) is 0 Å². The predicted octanol–water partition coefficient (Wildman–Crippen LogP) is 0.957. The zero-order chi connectivity index (χ0) is 16.4. The molecular weight excluding hydrogens is 308 g/mol. The van der Waals surface area contributed by atoms with E-state index in [0.29, 0.717) is 31.1 Å². The molecule has 2 aromatic heterocycles. The van der Waals surface area contributed by atoms with Gasteiger partial charge < -0.3 is 15.0 Å². The highest BCUT2D eigenvalue weighted by atomic mass is 16.5. The Morgan fingerprint density at radius 2 is 2.21 bits per heavy atom. The fourth-order valence-corrected chi connectivity index (χ4v) is 2.70. The molecule has 4 rings (SSSR count). The average molecular weight is 324 g/mol. The van der Waals surface area contributed by atoms with E-state index < -0.39 is 0 Å². The van der Waals surface area contributed by atoms with Gasteiger partial charge in [-0.25, -0.2) is 4.98 Å². The van der Waals surface area contributed by atoms with Gasteiger partial charge in [0.05, 0.1) is 0 Å². The van der Waals surface area contributed by atoms with Crippen LogP contribution in [0.5, 0.6) is 5.75 Å². The molecule has 0 saturated carbocycles. The van der Waals surface area contributed by atoms with Crippen molar-refractivity contribution in [3.8, 4) is 5.75 Å². The number of amides is 1. The highest BCUT2D eigenvalue weighted by Crippen LogP contribution is 2.22. The second-order valence-corrected chi connectivity index (χ2v) is 5.48. The molecule has 1 aromatic carbocycles. The fourth-order valence-electron chi connectivity index (χ4n) is 2.70. The van der Waals surface area contributed by atoms with Crippen molar-refractivity contribution in [2.45, 2.75) is 6.54 Å². The minimum absolute atomic E-state index is 0.0263. The fraction of sp³-hybridized carbons (Fsp3) is 0.250. The van der Waals surface area contributed by atoms with E-state index >= 15 is 0 Å². The summed E-state index contributed by atoms with van der Waals surface area (Å²) in [4.78, 5) is 18.3. The summed E-state index contributed by atoms with van der Waals surface area (Å²) in [5, 5.41) is 11.1. The number of fused-ring (bicyclic) bond motifs is 2. The van der Waals surface area contributed by atoms with Crippen molar-refractivity contribution in [3.63, 3.8) is 0 Å². The van der Waals surface area contributed by atoms with Crippen molar-refractivity contribution in [2.75, 3.05) is 25.0 Å². The minimum atomic E-state index is -0.0263. The molecule has 0 aliphatic carbocycles. The molecule has 24 heavy (non-hydrogen) atoms. The van der Waals surface area contributed by atoms with Crippen molar-refractivity contribution < 1.29 is 9.53 Å². The van der Waals surface area contributed by atoms with Crippen LogP contribution in [0.4, 0.5) is 5.82 Å². The molecule has 0 atom stereocenters. The van der Waals surface area contributed by atoms with E-state index in [-0.39, 0.29) is 12.5 Å². The van der Waals surface area contributed by atoms with E-state index in [1.807, 2.05) is 24.3 Å². The van der Waals surface area contributed by atoms with Crippen molar-refractivity contribution in [1.29, 1.82) is 0 Å². The molecule has 0 saturated heterocycles. The molecule has 3 heterocycles. The quantitative estimate of drug-likeness (QED) is 0.769. The molecule has 8 heteroatoms. The normalized spacial score (nSPS) is 14.2. The lowest BCUT2D eigenvalue weighted by Crippen LogP contribution is -2.36. The zero-order valence-electron chi connectivity index (χ0n) is 12.9. The van der Waals surface area contributed by atoms with Crippen LogP contribution in [0.2, 0.25) is 0 Å². The van der Waals surface area contributed by atoms with Gasteiger partial charge in [-0.15, -0.1) is 10.2 Å². The van der Waals surface area contributed by atoms with E-state index in [9.17, 15) is 4.79 Å². The highest BCUT2D eigenvalue weighted by molar-refractivity contribution is 5.78. The molecule has 0 unspecified atom stereocenters. The smallest absolute Gasteiger partial charge is 0.260 e. The molecule has 0 bridgehead atoms. The summed E-state index contributed by atoms with van der Waals surface area (Å²) in [5.74, 6) is 1.40. The highest BCUT2D eigenvalue weighted by Gasteiger charge is 2.20. The number of ether oxygens (including phenoxy) is 1. The molecule has 1 N–H and O–H groups in total. The van der Waals surface area contributed by atoms with Crippen molar-refractivity contribution >= 4 is 17.4 Å². The van der Waals surface area contributed by atoms with Gasteiger partial charge >= 0.3 is 0 Å². The van der Waals surface area contributed by atoms with E-state index in [1.54, 1.807) is 28.0 Å². The van der Waals surface area contributed by atoms with Crippen LogP contribution in [-0.4, -0.2) is 50.1 Å². The number of nitrogens with one attached hydrogen (secondary N) is 1. The van der Waals surface area contributed by atoms with E-state index in [1.165, 1.54) is 0 Å². The van der Waals surface area contributed by atoms with E-state index in [4.69, 9.17) is 4.74 Å². The number of hydrogen-bond donors (Lipinski definition) is 1. The Morgan fingerprint density at radius 1 is 1.29 bits per heavy atom. The number of rotatable bonds is 4. The first kappa shape index (κ1) is 14.4. The summed E-state index contributed by atoms with van der Waals surface area (Å²) in [6, 6.07) is 7.73. The van der Waals surface area contributed by atoms with Crippen LogP contribution >= 0.6 is 0 Å². The third-order valence-corrected chi connectivity index (χ3v) is 3.93. The molecule has 0 radical (unpaired) electrons. The van der Waals surface area contributed by atoms with Gasteiger partial charge in [0.25, 0.3) is 5.91 Å². The van der Waals surface area contributed by atoms with Crippen LogP contribution in [0.25, 0.3) is 5.65 Å². The molecule has 3 aromatic rings. The summed E-state index contributed by atoms with van der Waals surface area (Å²) in [5.41, 5.74) is 1.68. The predicted molar refractivity (Wildman–Crippen MR) is 86.6 cm³/mol. The van der Waals surface area contributed by atoms with Crippen LogP contribution in [0, 0.1) is 0 Å². The largest absolute Gasteiger partial charge is 0.483 e. The topological polar surface area (TPSA) is 84.7 Å².